The molecule has 0 saturated heterocycles. The van der Waals surface area contributed by atoms with Gasteiger partial charge in [0, 0.05) is 17.3 Å². The van der Waals surface area contributed by atoms with Crippen LogP contribution in [-0.2, 0) is 11.2 Å². The van der Waals surface area contributed by atoms with E-state index in [0.717, 1.165) is 12.0 Å². The van der Waals surface area contributed by atoms with Crippen LogP contribution in [0, 0.1) is 5.82 Å². The molecule has 0 aliphatic rings. The van der Waals surface area contributed by atoms with Crippen LogP contribution in [0.3, 0.4) is 0 Å². The number of carbonyl (C=O) groups excluding carboxylic acids is 1. The van der Waals surface area contributed by atoms with Crippen LogP contribution in [0.25, 0.3) is 0 Å². The highest BCUT2D eigenvalue weighted by Gasteiger charge is 2.06. The molecule has 0 saturated carbocycles. The predicted octanol–water partition coefficient (Wildman–Crippen LogP) is 3.50. The highest BCUT2D eigenvalue weighted by Crippen LogP contribution is 2.19. The summed E-state index contributed by atoms with van der Waals surface area (Å²) in [6, 6.07) is 4.40. The van der Waals surface area contributed by atoms with Gasteiger partial charge < -0.3 is 0 Å². The Morgan fingerprint density at radius 1 is 1.50 bits per heavy atom. The number of halogens is 2. The molecule has 0 aliphatic carbocycles. The van der Waals surface area contributed by atoms with Gasteiger partial charge in [0.2, 0.25) is 0 Å². The highest BCUT2D eigenvalue weighted by molar-refractivity contribution is 9.10. The first-order valence-corrected chi connectivity index (χ1v) is 5.38. The first-order valence-electron chi connectivity index (χ1n) is 4.59. The fourth-order valence-corrected chi connectivity index (χ4v) is 1.74. The van der Waals surface area contributed by atoms with Gasteiger partial charge in [0.15, 0.2) is 0 Å². The molecule has 1 aromatic rings. The molecular weight excluding hydrogens is 247 g/mol. The topological polar surface area (TPSA) is 17.1 Å². The van der Waals surface area contributed by atoms with Crippen molar-refractivity contribution in [3.63, 3.8) is 0 Å². The van der Waals surface area contributed by atoms with Crippen molar-refractivity contribution in [1.29, 1.82) is 0 Å². The van der Waals surface area contributed by atoms with Crippen molar-refractivity contribution in [2.75, 3.05) is 0 Å². The zero-order valence-corrected chi connectivity index (χ0v) is 9.60. The van der Waals surface area contributed by atoms with Gasteiger partial charge in [-0.25, -0.2) is 4.39 Å². The quantitative estimate of drug-likeness (QED) is 0.808. The molecule has 1 rings (SSSR count). The zero-order chi connectivity index (χ0) is 10.6. The molecule has 1 aromatic carbocycles. The second-order valence-corrected chi connectivity index (χ2v) is 4.06. The summed E-state index contributed by atoms with van der Waals surface area (Å²) in [5.41, 5.74) is 0.852. The van der Waals surface area contributed by atoms with E-state index in [1.54, 1.807) is 6.07 Å². The molecular formula is C11H12BrFO. The number of hydrogen-bond acceptors (Lipinski definition) is 1. The van der Waals surface area contributed by atoms with E-state index in [2.05, 4.69) is 15.9 Å². The van der Waals surface area contributed by atoms with Crippen LogP contribution >= 0.6 is 15.9 Å². The Bertz CT molecular complexity index is 336. The van der Waals surface area contributed by atoms with Gasteiger partial charge in [-0.1, -0.05) is 28.9 Å². The Kier molecular flexibility index (Phi) is 4.26. The summed E-state index contributed by atoms with van der Waals surface area (Å²) < 4.78 is 13.4. The maximum absolute atomic E-state index is 12.7. The number of benzene rings is 1. The largest absolute Gasteiger partial charge is 0.299 e. The Hall–Kier alpha value is -0.700. The maximum Gasteiger partial charge on any atom is 0.137 e. The Morgan fingerprint density at radius 2 is 2.21 bits per heavy atom. The molecule has 0 heterocycles. The van der Waals surface area contributed by atoms with E-state index in [0.29, 0.717) is 17.3 Å². The highest BCUT2D eigenvalue weighted by atomic mass is 79.9. The monoisotopic (exact) mass is 258 g/mol. The second-order valence-electron chi connectivity index (χ2n) is 3.20. The molecule has 3 heteroatoms. The minimum Gasteiger partial charge on any atom is -0.299 e. The van der Waals surface area contributed by atoms with Crippen molar-refractivity contribution >= 4 is 21.7 Å². The minimum atomic E-state index is -0.288. The number of rotatable bonds is 4. The van der Waals surface area contributed by atoms with Gasteiger partial charge in [-0.15, -0.1) is 0 Å². The number of carbonyl (C=O) groups is 1. The lowest BCUT2D eigenvalue weighted by Crippen LogP contribution is -2.02. The fraction of sp³-hybridized carbons (Fsp3) is 0.364. The summed E-state index contributed by atoms with van der Waals surface area (Å²) in [6.45, 7) is 1.97. The van der Waals surface area contributed by atoms with Gasteiger partial charge >= 0.3 is 0 Å². The molecule has 0 unspecified atom stereocenters. The van der Waals surface area contributed by atoms with E-state index in [1.165, 1.54) is 12.1 Å². The third-order valence-electron chi connectivity index (χ3n) is 1.93. The van der Waals surface area contributed by atoms with Gasteiger partial charge in [-0.2, -0.15) is 0 Å². The van der Waals surface area contributed by atoms with Crippen molar-refractivity contribution in [2.45, 2.75) is 26.2 Å². The summed E-state index contributed by atoms with van der Waals surface area (Å²) in [5, 5.41) is 0. The SMILES string of the molecule is CCCC(=O)Cc1ccc(F)cc1Br. The van der Waals surface area contributed by atoms with Crippen LogP contribution in [-0.4, -0.2) is 5.78 Å². The summed E-state index contributed by atoms with van der Waals surface area (Å²) >= 11 is 3.23. The molecule has 1 nitrogen and oxygen atoms in total. The third-order valence-corrected chi connectivity index (χ3v) is 2.67. The van der Waals surface area contributed by atoms with Crippen LogP contribution in [0.2, 0.25) is 0 Å². The van der Waals surface area contributed by atoms with Crippen molar-refractivity contribution in [3.05, 3.63) is 34.1 Å². The number of ketones is 1. The zero-order valence-electron chi connectivity index (χ0n) is 8.02. The lowest BCUT2D eigenvalue weighted by atomic mass is 10.1. The van der Waals surface area contributed by atoms with Crippen molar-refractivity contribution in [2.24, 2.45) is 0 Å². The molecule has 0 N–H and O–H groups in total. The average Bonchev–Trinajstić information content (AvgIpc) is 2.10. The van der Waals surface area contributed by atoms with Gasteiger partial charge in [0.05, 0.1) is 0 Å². The van der Waals surface area contributed by atoms with Crippen LogP contribution in [0.1, 0.15) is 25.3 Å². The van der Waals surface area contributed by atoms with E-state index >= 15 is 0 Å². The van der Waals surface area contributed by atoms with E-state index < -0.39 is 0 Å². The van der Waals surface area contributed by atoms with Gasteiger partial charge in [0.1, 0.15) is 11.6 Å². The number of Topliss-reactive ketones (excluding diaryl/α,β-unsaturated/α-hetero) is 1. The average molecular weight is 259 g/mol. The summed E-state index contributed by atoms with van der Waals surface area (Å²) in [6.07, 6.45) is 1.83. The molecule has 0 fully saturated rings. The first-order chi connectivity index (χ1) is 6.63. The van der Waals surface area contributed by atoms with Crippen LogP contribution in [0.4, 0.5) is 4.39 Å². The molecule has 0 aromatic heterocycles. The third kappa shape index (κ3) is 3.22. The van der Waals surface area contributed by atoms with Crippen molar-refractivity contribution in [1.82, 2.24) is 0 Å². The smallest absolute Gasteiger partial charge is 0.137 e. The van der Waals surface area contributed by atoms with E-state index in [1.807, 2.05) is 6.92 Å². The number of hydrogen-bond donors (Lipinski definition) is 0. The van der Waals surface area contributed by atoms with Gasteiger partial charge in [-0.3, -0.25) is 4.79 Å². The van der Waals surface area contributed by atoms with Crippen LogP contribution < -0.4 is 0 Å². The van der Waals surface area contributed by atoms with E-state index in [-0.39, 0.29) is 11.6 Å². The Morgan fingerprint density at radius 3 is 2.79 bits per heavy atom. The standard InChI is InChI=1S/C11H12BrFO/c1-2-3-10(14)6-8-4-5-9(13)7-11(8)12/h4-5,7H,2-3,6H2,1H3. The lowest BCUT2D eigenvalue weighted by Gasteiger charge is -2.03. The normalized spacial score (nSPS) is 10.2. The lowest BCUT2D eigenvalue weighted by molar-refractivity contribution is -0.118. The summed E-state index contributed by atoms with van der Waals surface area (Å²) in [7, 11) is 0. The van der Waals surface area contributed by atoms with Crippen LogP contribution in [0.15, 0.2) is 22.7 Å². The molecule has 14 heavy (non-hydrogen) atoms. The molecule has 0 amide bonds. The summed E-state index contributed by atoms with van der Waals surface area (Å²) in [4.78, 5) is 11.3. The van der Waals surface area contributed by atoms with E-state index in [9.17, 15) is 9.18 Å². The van der Waals surface area contributed by atoms with Gasteiger partial charge in [-0.05, 0) is 24.1 Å². The predicted molar refractivity (Wildman–Crippen MR) is 57.7 cm³/mol. The minimum absolute atomic E-state index is 0.194. The van der Waals surface area contributed by atoms with Crippen LogP contribution in [0.5, 0.6) is 0 Å². The maximum atomic E-state index is 12.7. The van der Waals surface area contributed by atoms with Gasteiger partial charge in [0.25, 0.3) is 0 Å². The Labute approximate surface area is 91.5 Å². The molecule has 76 valence electrons. The van der Waals surface area contributed by atoms with Crippen molar-refractivity contribution in [3.8, 4) is 0 Å². The molecule has 0 atom stereocenters. The summed E-state index contributed by atoms with van der Waals surface area (Å²) in [5.74, 6) is -0.0941. The Balaban J connectivity index is 2.72. The van der Waals surface area contributed by atoms with E-state index in [4.69, 9.17) is 0 Å². The molecule has 0 spiro atoms. The molecule has 0 aliphatic heterocycles. The fourth-order valence-electron chi connectivity index (χ4n) is 1.24. The first kappa shape index (κ1) is 11.4. The molecule has 0 bridgehead atoms. The molecule has 0 radical (unpaired) electrons. The second kappa shape index (κ2) is 5.25. The van der Waals surface area contributed by atoms with Crippen molar-refractivity contribution < 1.29 is 9.18 Å².